The number of rotatable bonds is 5. The highest BCUT2D eigenvalue weighted by atomic mass is 35.5. The second-order valence-corrected chi connectivity index (χ2v) is 7.26. The lowest BCUT2D eigenvalue weighted by Crippen LogP contribution is -2.31. The van der Waals surface area contributed by atoms with E-state index in [1.165, 1.54) is 0 Å². The number of benzene rings is 2. The summed E-state index contributed by atoms with van der Waals surface area (Å²) in [4.78, 5) is 19.4. The summed E-state index contributed by atoms with van der Waals surface area (Å²) in [6.45, 7) is 0.674. The third-order valence-electron chi connectivity index (χ3n) is 4.97. The van der Waals surface area contributed by atoms with E-state index in [0.717, 1.165) is 24.2 Å². The van der Waals surface area contributed by atoms with Crippen LogP contribution in [0, 0.1) is 0 Å². The highest BCUT2D eigenvalue weighted by molar-refractivity contribution is 6.30. The van der Waals surface area contributed by atoms with E-state index in [-0.39, 0.29) is 11.9 Å². The van der Waals surface area contributed by atoms with Gasteiger partial charge < -0.3 is 14.1 Å². The number of aromatic nitrogens is 1. The summed E-state index contributed by atoms with van der Waals surface area (Å²) in [6, 6.07) is 14.8. The molecule has 1 amide bonds. The maximum absolute atomic E-state index is 13.1. The van der Waals surface area contributed by atoms with Gasteiger partial charge in [-0.25, -0.2) is 4.98 Å². The second-order valence-electron chi connectivity index (χ2n) is 6.83. The Morgan fingerprint density at radius 3 is 2.96 bits per heavy atom. The highest BCUT2D eigenvalue weighted by Gasteiger charge is 2.34. The van der Waals surface area contributed by atoms with E-state index in [2.05, 4.69) is 4.98 Å². The van der Waals surface area contributed by atoms with Gasteiger partial charge in [0.05, 0.1) is 18.9 Å². The van der Waals surface area contributed by atoms with Crippen LogP contribution in [0.5, 0.6) is 5.75 Å². The summed E-state index contributed by atoms with van der Waals surface area (Å²) >= 11 is 6.06. The maximum atomic E-state index is 13.1. The van der Waals surface area contributed by atoms with Crippen molar-refractivity contribution in [2.75, 3.05) is 13.7 Å². The topological polar surface area (TPSA) is 55.6 Å². The van der Waals surface area contributed by atoms with E-state index < -0.39 is 0 Å². The van der Waals surface area contributed by atoms with Crippen LogP contribution in [0.3, 0.4) is 0 Å². The van der Waals surface area contributed by atoms with Crippen LogP contribution in [-0.4, -0.2) is 29.4 Å². The number of hydrogen-bond donors (Lipinski definition) is 0. The minimum atomic E-state index is -0.162. The summed E-state index contributed by atoms with van der Waals surface area (Å²) in [5.41, 5.74) is 1.62. The van der Waals surface area contributed by atoms with Crippen molar-refractivity contribution in [2.24, 2.45) is 0 Å². The number of ether oxygens (including phenoxy) is 1. The van der Waals surface area contributed by atoms with Crippen molar-refractivity contribution in [2.45, 2.75) is 25.3 Å². The number of carbonyl (C=O) groups is 1. The number of likely N-dealkylation sites (tertiary alicyclic amines) is 1. The lowest BCUT2D eigenvalue weighted by Gasteiger charge is -2.23. The molecule has 2 heterocycles. The molecule has 1 aliphatic heterocycles. The Hall–Kier alpha value is -2.79. The highest BCUT2D eigenvalue weighted by Crippen LogP contribution is 2.34. The van der Waals surface area contributed by atoms with Crippen molar-refractivity contribution in [3.8, 4) is 5.75 Å². The molecule has 5 nitrogen and oxygen atoms in total. The fraction of sp³-hybridized carbons (Fsp3) is 0.273. The average molecular weight is 397 g/mol. The Labute approximate surface area is 168 Å². The molecule has 0 bridgehead atoms. The van der Waals surface area contributed by atoms with Gasteiger partial charge in [-0.05, 0) is 42.7 Å². The fourth-order valence-corrected chi connectivity index (χ4v) is 3.86. The van der Waals surface area contributed by atoms with Crippen LogP contribution in [0.2, 0.25) is 5.02 Å². The molecule has 1 saturated heterocycles. The Morgan fingerprint density at radius 2 is 2.14 bits per heavy atom. The van der Waals surface area contributed by atoms with Crippen molar-refractivity contribution < 1.29 is 13.9 Å². The first kappa shape index (κ1) is 18.6. The number of para-hydroxylation sites is 1. The quantitative estimate of drug-likeness (QED) is 0.615. The predicted octanol–water partition coefficient (Wildman–Crippen LogP) is 4.90. The van der Waals surface area contributed by atoms with Gasteiger partial charge in [-0.2, -0.15) is 0 Å². The first-order valence-electron chi connectivity index (χ1n) is 9.28. The molecule has 0 spiro atoms. The van der Waals surface area contributed by atoms with E-state index in [1.807, 2.05) is 41.3 Å². The fourth-order valence-electron chi connectivity index (χ4n) is 3.65. The number of carbonyl (C=O) groups excluding carboxylic acids is 1. The summed E-state index contributed by atoms with van der Waals surface area (Å²) < 4.78 is 11.4. The molecule has 0 saturated carbocycles. The minimum Gasteiger partial charge on any atom is -0.496 e. The monoisotopic (exact) mass is 396 g/mol. The van der Waals surface area contributed by atoms with Gasteiger partial charge in [-0.15, -0.1) is 0 Å². The number of oxazole rings is 1. The minimum absolute atomic E-state index is 0.0606. The molecule has 1 aliphatic rings. The van der Waals surface area contributed by atoms with Crippen LogP contribution >= 0.6 is 11.6 Å². The molecule has 0 aliphatic carbocycles. The lowest BCUT2D eigenvalue weighted by molar-refractivity contribution is 0.0711. The molecule has 3 aromatic rings. The molecule has 144 valence electrons. The Balaban J connectivity index is 1.54. The van der Waals surface area contributed by atoms with E-state index >= 15 is 0 Å². The molecule has 1 fully saturated rings. The zero-order valence-electron chi connectivity index (χ0n) is 15.6. The van der Waals surface area contributed by atoms with Gasteiger partial charge in [0.25, 0.3) is 5.91 Å². The zero-order chi connectivity index (χ0) is 19.5. The predicted molar refractivity (Wildman–Crippen MR) is 107 cm³/mol. The summed E-state index contributed by atoms with van der Waals surface area (Å²) in [7, 11) is 1.57. The van der Waals surface area contributed by atoms with E-state index in [4.69, 9.17) is 20.8 Å². The molecule has 6 heteroatoms. The zero-order valence-corrected chi connectivity index (χ0v) is 16.4. The van der Waals surface area contributed by atoms with Gasteiger partial charge in [0.2, 0.25) is 5.89 Å². The normalized spacial score (nSPS) is 16.4. The summed E-state index contributed by atoms with van der Waals surface area (Å²) in [6.07, 6.45) is 4.09. The molecular formula is C22H21ClN2O3. The standard InChI is InChI=1S/C22H21ClN2O3/c1-27-20-10-3-2-8-18(20)22(26)25-11-5-9-19(25)21-24-14-17(28-21)13-15-6-4-7-16(23)12-15/h2-4,6-8,10,12,14,19H,5,9,11,13H2,1H3. The first-order valence-corrected chi connectivity index (χ1v) is 9.66. The molecule has 1 aromatic heterocycles. The van der Waals surface area contributed by atoms with Gasteiger partial charge >= 0.3 is 0 Å². The van der Waals surface area contributed by atoms with E-state index in [0.29, 0.717) is 35.2 Å². The number of halogens is 1. The largest absolute Gasteiger partial charge is 0.496 e. The molecule has 4 rings (SSSR count). The lowest BCUT2D eigenvalue weighted by atomic mass is 10.1. The molecule has 1 unspecified atom stereocenters. The SMILES string of the molecule is COc1ccccc1C(=O)N1CCCC1c1ncc(Cc2cccc(Cl)c2)o1. The number of amides is 1. The van der Waals surface area contributed by atoms with Crippen LogP contribution in [0.4, 0.5) is 0 Å². The van der Waals surface area contributed by atoms with E-state index in [9.17, 15) is 4.79 Å². The van der Waals surface area contributed by atoms with Crippen LogP contribution in [0.15, 0.2) is 59.1 Å². The van der Waals surface area contributed by atoms with Crippen LogP contribution in [-0.2, 0) is 6.42 Å². The van der Waals surface area contributed by atoms with Gasteiger partial charge in [-0.1, -0.05) is 35.9 Å². The van der Waals surface area contributed by atoms with Crippen molar-refractivity contribution in [1.29, 1.82) is 0 Å². The number of hydrogen-bond acceptors (Lipinski definition) is 4. The molecule has 0 N–H and O–H groups in total. The van der Waals surface area contributed by atoms with Crippen LogP contribution in [0.25, 0.3) is 0 Å². The van der Waals surface area contributed by atoms with Gasteiger partial charge in [0.1, 0.15) is 17.6 Å². The average Bonchev–Trinajstić information content (AvgIpc) is 3.36. The first-order chi connectivity index (χ1) is 13.7. The molecule has 0 radical (unpaired) electrons. The van der Waals surface area contributed by atoms with Crippen molar-refractivity contribution in [3.63, 3.8) is 0 Å². The molecular weight excluding hydrogens is 376 g/mol. The van der Waals surface area contributed by atoms with Crippen LogP contribution < -0.4 is 4.74 Å². The van der Waals surface area contributed by atoms with E-state index in [1.54, 1.807) is 25.4 Å². The van der Waals surface area contributed by atoms with Gasteiger partial charge in [-0.3, -0.25) is 4.79 Å². The number of nitrogens with zero attached hydrogens (tertiary/aromatic N) is 2. The smallest absolute Gasteiger partial charge is 0.258 e. The Morgan fingerprint density at radius 1 is 1.29 bits per heavy atom. The third-order valence-corrected chi connectivity index (χ3v) is 5.21. The molecule has 28 heavy (non-hydrogen) atoms. The Bertz CT molecular complexity index is 985. The summed E-state index contributed by atoms with van der Waals surface area (Å²) in [5.74, 6) is 1.85. The van der Waals surface area contributed by atoms with Gasteiger partial charge in [0, 0.05) is 18.0 Å². The second kappa shape index (κ2) is 8.07. The Kier molecular flexibility index (Phi) is 5.35. The van der Waals surface area contributed by atoms with Crippen molar-refractivity contribution in [3.05, 3.63) is 82.5 Å². The molecule has 2 aromatic carbocycles. The molecule has 1 atom stereocenters. The summed E-state index contributed by atoms with van der Waals surface area (Å²) in [5, 5.41) is 0.696. The van der Waals surface area contributed by atoms with Crippen LogP contribution in [0.1, 0.15) is 46.5 Å². The van der Waals surface area contributed by atoms with Gasteiger partial charge in [0.15, 0.2) is 0 Å². The number of methoxy groups -OCH3 is 1. The van der Waals surface area contributed by atoms with Crippen molar-refractivity contribution in [1.82, 2.24) is 9.88 Å². The van der Waals surface area contributed by atoms with Crippen molar-refractivity contribution >= 4 is 17.5 Å². The third kappa shape index (κ3) is 3.76. The maximum Gasteiger partial charge on any atom is 0.258 e.